The van der Waals surface area contributed by atoms with Gasteiger partial charge in [0, 0.05) is 39.3 Å². The summed E-state index contributed by atoms with van der Waals surface area (Å²) in [7, 11) is 0. The van der Waals surface area contributed by atoms with Gasteiger partial charge in [0.2, 0.25) is 0 Å². The highest BCUT2D eigenvalue weighted by molar-refractivity contribution is 6.19. The number of fused-ring (bicyclic) bond motifs is 8. The van der Waals surface area contributed by atoms with Crippen molar-refractivity contribution in [3.8, 4) is 11.1 Å². The van der Waals surface area contributed by atoms with Gasteiger partial charge in [-0.25, -0.2) is 0 Å². The number of anilines is 3. The van der Waals surface area contributed by atoms with Crippen LogP contribution in [0.5, 0.6) is 0 Å². The molecule has 2 heteroatoms. The molecule has 0 saturated carbocycles. The van der Waals surface area contributed by atoms with Gasteiger partial charge < -0.3 is 9.32 Å². The minimum Gasteiger partial charge on any atom is -0.456 e. The molecular weight excluding hydrogens is 474 g/mol. The van der Waals surface area contributed by atoms with Crippen LogP contribution in [-0.2, 0) is 5.41 Å². The smallest absolute Gasteiger partial charge is 0.137 e. The summed E-state index contributed by atoms with van der Waals surface area (Å²) in [6.07, 6.45) is 0. The Labute approximate surface area is 227 Å². The molecule has 39 heavy (non-hydrogen) atoms. The maximum Gasteiger partial charge on any atom is 0.137 e. The van der Waals surface area contributed by atoms with Crippen LogP contribution < -0.4 is 4.90 Å². The molecule has 0 fully saturated rings. The molecule has 186 valence electrons. The second kappa shape index (κ2) is 8.09. The molecule has 1 aliphatic rings. The molecule has 0 spiro atoms. The van der Waals surface area contributed by atoms with E-state index in [9.17, 15) is 0 Å². The maximum absolute atomic E-state index is 6.45. The molecule has 1 aromatic heterocycles. The number of para-hydroxylation sites is 1. The Hall–Kier alpha value is -4.82. The normalized spacial score (nSPS) is 13.6. The lowest BCUT2D eigenvalue weighted by atomic mass is 9.82. The Morgan fingerprint density at radius 3 is 2.13 bits per heavy atom. The number of hydrogen-bond acceptors (Lipinski definition) is 2. The van der Waals surface area contributed by atoms with Gasteiger partial charge in [0.1, 0.15) is 11.2 Å². The van der Waals surface area contributed by atoms with Gasteiger partial charge in [0.25, 0.3) is 0 Å². The van der Waals surface area contributed by atoms with Crippen molar-refractivity contribution in [2.45, 2.75) is 19.3 Å². The van der Waals surface area contributed by atoms with Crippen molar-refractivity contribution in [1.82, 2.24) is 0 Å². The maximum atomic E-state index is 6.45. The van der Waals surface area contributed by atoms with Crippen LogP contribution in [-0.4, -0.2) is 0 Å². The van der Waals surface area contributed by atoms with Gasteiger partial charge in [-0.05, 0) is 75.5 Å². The van der Waals surface area contributed by atoms with E-state index in [-0.39, 0.29) is 5.41 Å². The van der Waals surface area contributed by atoms with E-state index in [4.69, 9.17) is 4.42 Å². The molecule has 0 bridgehead atoms. The summed E-state index contributed by atoms with van der Waals surface area (Å²) in [5.74, 6) is 0. The van der Waals surface area contributed by atoms with E-state index in [2.05, 4.69) is 146 Å². The fourth-order valence-corrected chi connectivity index (χ4v) is 6.53. The second-order valence-electron chi connectivity index (χ2n) is 11.0. The lowest BCUT2D eigenvalue weighted by Crippen LogP contribution is -2.16. The van der Waals surface area contributed by atoms with Crippen molar-refractivity contribution in [3.63, 3.8) is 0 Å². The van der Waals surface area contributed by atoms with Gasteiger partial charge >= 0.3 is 0 Å². The van der Waals surface area contributed by atoms with Gasteiger partial charge in [-0.2, -0.15) is 0 Å². The van der Waals surface area contributed by atoms with Crippen LogP contribution >= 0.6 is 0 Å². The fourth-order valence-electron chi connectivity index (χ4n) is 6.53. The summed E-state index contributed by atoms with van der Waals surface area (Å²) in [5, 5.41) is 4.77. The van der Waals surface area contributed by atoms with E-state index in [1.54, 1.807) is 0 Å². The van der Waals surface area contributed by atoms with E-state index >= 15 is 0 Å². The number of nitrogens with zero attached hydrogens (tertiary/aromatic N) is 1. The van der Waals surface area contributed by atoms with Crippen LogP contribution in [0.1, 0.15) is 25.0 Å². The molecule has 1 heterocycles. The van der Waals surface area contributed by atoms with Crippen LogP contribution in [0.2, 0.25) is 0 Å². The SMILES string of the molecule is CC1(C)c2ccccc2-c2ccc(N(c3ccccc3)c3ccc4c(c3)oc3ccc5ccccc5c34)cc21. The molecule has 2 nitrogen and oxygen atoms in total. The zero-order chi connectivity index (χ0) is 26.1. The summed E-state index contributed by atoms with van der Waals surface area (Å²) in [5.41, 5.74) is 10.5. The van der Waals surface area contributed by atoms with Crippen LogP contribution in [0.25, 0.3) is 43.8 Å². The number of rotatable bonds is 3. The second-order valence-corrected chi connectivity index (χ2v) is 11.0. The van der Waals surface area contributed by atoms with E-state index in [1.807, 2.05) is 0 Å². The Kier molecular flexibility index (Phi) is 4.60. The number of hydrogen-bond donors (Lipinski definition) is 0. The average molecular weight is 502 g/mol. The van der Waals surface area contributed by atoms with Crippen molar-refractivity contribution < 1.29 is 4.42 Å². The minimum absolute atomic E-state index is 0.0615. The van der Waals surface area contributed by atoms with Crippen molar-refractivity contribution in [2.75, 3.05) is 4.90 Å². The minimum atomic E-state index is -0.0615. The summed E-state index contributed by atoms with van der Waals surface area (Å²) >= 11 is 0. The van der Waals surface area contributed by atoms with Crippen LogP contribution in [0.4, 0.5) is 17.1 Å². The lowest BCUT2D eigenvalue weighted by Gasteiger charge is -2.28. The molecule has 0 atom stereocenters. The van der Waals surface area contributed by atoms with Crippen molar-refractivity contribution in [1.29, 1.82) is 0 Å². The first-order chi connectivity index (χ1) is 19.1. The lowest BCUT2D eigenvalue weighted by molar-refractivity contribution is 0.660. The van der Waals surface area contributed by atoms with Crippen molar-refractivity contribution in [3.05, 3.63) is 139 Å². The fraction of sp³-hybridized carbons (Fsp3) is 0.0811. The molecule has 0 unspecified atom stereocenters. The van der Waals surface area contributed by atoms with Crippen LogP contribution in [0.3, 0.4) is 0 Å². The monoisotopic (exact) mass is 501 g/mol. The predicted octanol–water partition coefficient (Wildman–Crippen LogP) is 10.5. The Morgan fingerprint density at radius 1 is 0.513 bits per heavy atom. The molecule has 0 radical (unpaired) electrons. The zero-order valence-corrected chi connectivity index (χ0v) is 22.0. The van der Waals surface area contributed by atoms with Crippen LogP contribution in [0.15, 0.2) is 132 Å². The highest BCUT2D eigenvalue weighted by atomic mass is 16.3. The van der Waals surface area contributed by atoms with Gasteiger partial charge in [0.05, 0.1) is 0 Å². The molecule has 0 N–H and O–H groups in total. The molecule has 0 amide bonds. The Morgan fingerprint density at radius 2 is 1.23 bits per heavy atom. The average Bonchev–Trinajstić information content (AvgIpc) is 3.46. The third-order valence-electron chi connectivity index (χ3n) is 8.44. The summed E-state index contributed by atoms with van der Waals surface area (Å²) < 4.78 is 6.45. The standard InChI is InChI=1S/C37H27NO/c1-37(2)32-15-9-8-14-29(32)30-19-17-26(22-33(30)37)38(25-11-4-3-5-12-25)27-18-20-31-35(23-27)39-34-21-16-24-10-6-7-13-28(24)36(31)34/h3-23H,1-2H3. The van der Waals surface area contributed by atoms with E-state index < -0.39 is 0 Å². The molecule has 7 aromatic rings. The van der Waals surface area contributed by atoms with Gasteiger partial charge in [-0.15, -0.1) is 0 Å². The highest BCUT2D eigenvalue weighted by Gasteiger charge is 2.35. The molecule has 0 aliphatic heterocycles. The molecule has 1 aliphatic carbocycles. The van der Waals surface area contributed by atoms with E-state index in [0.29, 0.717) is 0 Å². The molecular formula is C37H27NO. The number of furan rings is 1. The van der Waals surface area contributed by atoms with E-state index in [0.717, 1.165) is 33.6 Å². The summed E-state index contributed by atoms with van der Waals surface area (Å²) in [4.78, 5) is 2.34. The first kappa shape index (κ1) is 22.2. The Bertz CT molecular complexity index is 2050. The molecule has 6 aromatic carbocycles. The van der Waals surface area contributed by atoms with Gasteiger partial charge in [-0.1, -0.05) is 92.7 Å². The molecule has 0 saturated heterocycles. The van der Waals surface area contributed by atoms with Gasteiger partial charge in [-0.3, -0.25) is 0 Å². The van der Waals surface area contributed by atoms with E-state index in [1.165, 1.54) is 38.4 Å². The van der Waals surface area contributed by atoms with Crippen molar-refractivity contribution >= 4 is 49.8 Å². The van der Waals surface area contributed by atoms with Crippen molar-refractivity contribution in [2.24, 2.45) is 0 Å². The number of benzene rings is 6. The highest BCUT2D eigenvalue weighted by Crippen LogP contribution is 2.50. The predicted molar refractivity (Wildman–Crippen MR) is 163 cm³/mol. The molecule has 8 rings (SSSR count). The quantitative estimate of drug-likeness (QED) is 0.239. The topological polar surface area (TPSA) is 16.4 Å². The summed E-state index contributed by atoms with van der Waals surface area (Å²) in [6, 6.07) is 45.7. The third kappa shape index (κ3) is 3.21. The third-order valence-corrected chi connectivity index (χ3v) is 8.44. The van der Waals surface area contributed by atoms with Crippen LogP contribution in [0, 0.1) is 0 Å². The zero-order valence-electron chi connectivity index (χ0n) is 22.0. The first-order valence-electron chi connectivity index (χ1n) is 13.5. The van der Waals surface area contributed by atoms with Gasteiger partial charge in [0.15, 0.2) is 0 Å². The Balaban J connectivity index is 1.33. The first-order valence-corrected chi connectivity index (χ1v) is 13.5. The summed E-state index contributed by atoms with van der Waals surface area (Å²) in [6.45, 7) is 4.66. The largest absolute Gasteiger partial charge is 0.456 e.